The molecule has 0 amide bonds. The van der Waals surface area contributed by atoms with Crippen LogP contribution in [0, 0.1) is 11.8 Å². The third-order valence-corrected chi connectivity index (χ3v) is 6.13. The van der Waals surface area contributed by atoms with Crippen LogP contribution in [0.4, 0.5) is 0 Å². The molecule has 144 valence electrons. The minimum Gasteiger partial charge on any atom is -0.497 e. The highest BCUT2D eigenvalue weighted by atomic mass is 16.5. The number of aromatic nitrogens is 1. The van der Waals surface area contributed by atoms with Gasteiger partial charge in [0.15, 0.2) is 0 Å². The first-order valence-corrected chi connectivity index (χ1v) is 9.90. The van der Waals surface area contributed by atoms with Crippen LogP contribution in [0.1, 0.15) is 44.0 Å². The molecule has 1 aromatic heterocycles. The summed E-state index contributed by atoms with van der Waals surface area (Å²) in [5.74, 6) is 0.149. The van der Waals surface area contributed by atoms with E-state index in [0.29, 0.717) is 5.57 Å². The van der Waals surface area contributed by atoms with Gasteiger partial charge in [0.1, 0.15) is 0 Å². The standard InChI is InChI=1S/C22H28N2O3/c1-4-7-15-14-8-5-6-9-19(14)24-21(15)20-10-16-17(11-23-20)13(2)27-12-18(16)22(25)26-3/h5-6,8-9,12-13,16-17,20,23-24H,4,7,10-11H2,1-3H3/t13-,16-,17-,20-/m0/s1. The second-order valence-corrected chi connectivity index (χ2v) is 7.69. The highest BCUT2D eigenvalue weighted by Crippen LogP contribution is 2.42. The number of piperidine rings is 1. The molecule has 5 heteroatoms. The van der Waals surface area contributed by atoms with Crippen molar-refractivity contribution in [1.29, 1.82) is 0 Å². The fraction of sp³-hybridized carbons (Fsp3) is 0.500. The number of aromatic amines is 1. The molecule has 0 saturated carbocycles. The fourth-order valence-electron chi connectivity index (χ4n) is 4.73. The van der Waals surface area contributed by atoms with E-state index < -0.39 is 0 Å². The molecular formula is C22H28N2O3. The molecule has 3 heterocycles. The Morgan fingerprint density at radius 2 is 2.15 bits per heavy atom. The van der Waals surface area contributed by atoms with E-state index in [2.05, 4.69) is 48.4 Å². The zero-order valence-electron chi connectivity index (χ0n) is 16.2. The first kappa shape index (κ1) is 18.1. The number of carbonyl (C=O) groups excluding carboxylic acids is 1. The largest absolute Gasteiger partial charge is 0.497 e. The molecule has 2 aliphatic rings. The second-order valence-electron chi connectivity index (χ2n) is 7.69. The van der Waals surface area contributed by atoms with E-state index in [4.69, 9.17) is 9.47 Å². The van der Waals surface area contributed by atoms with Gasteiger partial charge in [0.25, 0.3) is 0 Å². The van der Waals surface area contributed by atoms with Crippen molar-refractivity contribution in [3.05, 3.63) is 47.4 Å². The number of hydrogen-bond donors (Lipinski definition) is 2. The molecule has 2 aromatic rings. The Kier molecular flexibility index (Phi) is 4.96. The summed E-state index contributed by atoms with van der Waals surface area (Å²) in [6.07, 6.45) is 4.73. The molecule has 0 unspecified atom stereocenters. The number of carbonyl (C=O) groups is 1. The Bertz CT molecular complexity index is 870. The average molecular weight is 368 g/mol. The van der Waals surface area contributed by atoms with Crippen LogP contribution in [0.5, 0.6) is 0 Å². The number of ether oxygens (including phenoxy) is 2. The number of para-hydroxylation sites is 1. The van der Waals surface area contributed by atoms with Crippen molar-refractivity contribution in [3.8, 4) is 0 Å². The summed E-state index contributed by atoms with van der Waals surface area (Å²) in [5, 5.41) is 5.02. The quantitative estimate of drug-likeness (QED) is 0.805. The summed E-state index contributed by atoms with van der Waals surface area (Å²) in [4.78, 5) is 15.9. The molecule has 27 heavy (non-hydrogen) atoms. The van der Waals surface area contributed by atoms with Crippen molar-refractivity contribution >= 4 is 16.9 Å². The number of hydrogen-bond acceptors (Lipinski definition) is 4. The number of benzene rings is 1. The van der Waals surface area contributed by atoms with Crippen LogP contribution in [0.25, 0.3) is 10.9 Å². The molecule has 0 bridgehead atoms. The number of methoxy groups -OCH3 is 1. The maximum Gasteiger partial charge on any atom is 0.337 e. The molecule has 1 aromatic carbocycles. The Balaban J connectivity index is 1.69. The average Bonchev–Trinajstić information content (AvgIpc) is 3.06. The number of H-pyrrole nitrogens is 1. The number of aryl methyl sites for hydroxylation is 1. The van der Waals surface area contributed by atoms with Gasteiger partial charge < -0.3 is 19.8 Å². The van der Waals surface area contributed by atoms with Crippen LogP contribution in [-0.4, -0.2) is 30.7 Å². The van der Waals surface area contributed by atoms with Crippen LogP contribution in [0.2, 0.25) is 0 Å². The lowest BCUT2D eigenvalue weighted by molar-refractivity contribution is -0.138. The Labute approximate surface area is 160 Å². The lowest BCUT2D eigenvalue weighted by Crippen LogP contribution is -2.47. The molecule has 0 aliphatic carbocycles. The zero-order chi connectivity index (χ0) is 19.0. The molecule has 5 nitrogen and oxygen atoms in total. The van der Waals surface area contributed by atoms with Crippen LogP contribution in [-0.2, 0) is 20.7 Å². The molecule has 2 N–H and O–H groups in total. The van der Waals surface area contributed by atoms with E-state index in [1.165, 1.54) is 29.3 Å². The number of esters is 1. The van der Waals surface area contributed by atoms with Crippen molar-refractivity contribution in [2.45, 2.75) is 45.3 Å². The first-order valence-electron chi connectivity index (χ1n) is 9.90. The predicted molar refractivity (Wildman–Crippen MR) is 105 cm³/mol. The minimum atomic E-state index is -0.275. The SMILES string of the molecule is CCCc1c([C@@H]2C[C@@H]3C(C(=O)OC)=CO[C@@H](C)[C@@H]3CN2)[nH]c2ccccc12. The predicted octanol–water partition coefficient (Wildman–Crippen LogP) is 3.86. The van der Waals surface area contributed by atoms with Gasteiger partial charge in [-0.25, -0.2) is 4.79 Å². The first-order chi connectivity index (χ1) is 13.1. The Hall–Kier alpha value is -2.27. The van der Waals surface area contributed by atoms with Gasteiger partial charge in [0, 0.05) is 41.0 Å². The van der Waals surface area contributed by atoms with E-state index in [0.717, 1.165) is 25.8 Å². The van der Waals surface area contributed by atoms with Gasteiger partial charge in [-0.05, 0) is 31.4 Å². The molecule has 0 radical (unpaired) electrons. The lowest BCUT2D eigenvalue weighted by Gasteiger charge is -2.42. The summed E-state index contributed by atoms with van der Waals surface area (Å²) in [5.41, 5.74) is 4.51. The summed E-state index contributed by atoms with van der Waals surface area (Å²) in [6.45, 7) is 5.12. The second kappa shape index (κ2) is 7.39. The van der Waals surface area contributed by atoms with E-state index in [9.17, 15) is 4.79 Å². The smallest absolute Gasteiger partial charge is 0.337 e. The molecule has 4 atom stereocenters. The minimum absolute atomic E-state index is 0.0923. The maximum atomic E-state index is 12.3. The highest BCUT2D eigenvalue weighted by Gasteiger charge is 2.42. The van der Waals surface area contributed by atoms with E-state index in [-0.39, 0.29) is 30.0 Å². The fourth-order valence-corrected chi connectivity index (χ4v) is 4.73. The number of rotatable bonds is 4. The monoisotopic (exact) mass is 368 g/mol. The Morgan fingerprint density at radius 3 is 2.93 bits per heavy atom. The molecule has 1 fully saturated rings. The van der Waals surface area contributed by atoms with Crippen LogP contribution in [0.3, 0.4) is 0 Å². The van der Waals surface area contributed by atoms with Crippen molar-refractivity contribution in [1.82, 2.24) is 10.3 Å². The molecular weight excluding hydrogens is 340 g/mol. The van der Waals surface area contributed by atoms with Crippen LogP contribution >= 0.6 is 0 Å². The van der Waals surface area contributed by atoms with Gasteiger partial charge in [-0.2, -0.15) is 0 Å². The van der Waals surface area contributed by atoms with Gasteiger partial charge in [-0.1, -0.05) is 31.5 Å². The summed E-state index contributed by atoms with van der Waals surface area (Å²) in [7, 11) is 1.44. The third-order valence-electron chi connectivity index (χ3n) is 6.13. The topological polar surface area (TPSA) is 63.4 Å². The van der Waals surface area contributed by atoms with Crippen molar-refractivity contribution < 1.29 is 14.3 Å². The third kappa shape index (κ3) is 3.14. The van der Waals surface area contributed by atoms with Gasteiger partial charge in [-0.3, -0.25) is 0 Å². The van der Waals surface area contributed by atoms with E-state index >= 15 is 0 Å². The van der Waals surface area contributed by atoms with Crippen LogP contribution < -0.4 is 5.32 Å². The van der Waals surface area contributed by atoms with Gasteiger partial charge in [0.2, 0.25) is 0 Å². The van der Waals surface area contributed by atoms with Crippen molar-refractivity contribution in [2.75, 3.05) is 13.7 Å². The van der Waals surface area contributed by atoms with Crippen molar-refractivity contribution in [3.63, 3.8) is 0 Å². The Morgan fingerprint density at radius 1 is 1.33 bits per heavy atom. The van der Waals surface area contributed by atoms with Crippen molar-refractivity contribution in [2.24, 2.45) is 11.8 Å². The van der Waals surface area contributed by atoms with Gasteiger partial charge in [0.05, 0.1) is 25.0 Å². The van der Waals surface area contributed by atoms with Crippen LogP contribution in [0.15, 0.2) is 36.1 Å². The normalized spacial score (nSPS) is 27.6. The summed E-state index contributed by atoms with van der Waals surface area (Å²) in [6, 6.07) is 8.70. The summed E-state index contributed by atoms with van der Waals surface area (Å²) >= 11 is 0. The number of nitrogens with one attached hydrogen (secondary N) is 2. The van der Waals surface area contributed by atoms with Gasteiger partial charge in [-0.15, -0.1) is 0 Å². The molecule has 2 aliphatic heterocycles. The molecule has 1 saturated heterocycles. The number of fused-ring (bicyclic) bond motifs is 2. The van der Waals surface area contributed by atoms with E-state index in [1.54, 1.807) is 6.26 Å². The van der Waals surface area contributed by atoms with E-state index in [1.807, 2.05) is 0 Å². The highest BCUT2D eigenvalue weighted by molar-refractivity contribution is 5.89. The maximum absolute atomic E-state index is 12.3. The molecule has 4 rings (SSSR count). The zero-order valence-corrected chi connectivity index (χ0v) is 16.2. The summed E-state index contributed by atoms with van der Waals surface area (Å²) < 4.78 is 10.7. The molecule has 0 spiro atoms. The lowest BCUT2D eigenvalue weighted by atomic mass is 9.74. The van der Waals surface area contributed by atoms with Gasteiger partial charge >= 0.3 is 5.97 Å².